The van der Waals surface area contributed by atoms with E-state index in [-0.39, 0.29) is 11.4 Å². The molecule has 1 aromatic carbocycles. The minimum absolute atomic E-state index is 0.0536. The molecular formula is C16H21FN2O4. The standard InChI is InChI=1S/C16H21FN2O4/c1-9-12(18-15(21)23-16(2,3)4)14(20)19(5)13-10(17)7-6-8-11(13)22-9/h6-9,12H,1-5H3,(H,18,21)/t9-,12+/m1/s1. The summed E-state index contributed by atoms with van der Waals surface area (Å²) in [5.74, 6) is -0.794. The Morgan fingerprint density at radius 1 is 1.39 bits per heavy atom. The Balaban J connectivity index is 2.26. The number of hydrogen-bond acceptors (Lipinski definition) is 4. The van der Waals surface area contributed by atoms with Crippen LogP contribution in [-0.4, -0.2) is 36.8 Å². The van der Waals surface area contributed by atoms with Crippen LogP contribution in [0.3, 0.4) is 0 Å². The number of likely N-dealkylation sites (N-methyl/N-ethyl adjacent to an activating group) is 1. The molecule has 1 aromatic rings. The van der Waals surface area contributed by atoms with Crippen molar-refractivity contribution >= 4 is 17.7 Å². The van der Waals surface area contributed by atoms with Crippen molar-refractivity contribution in [1.29, 1.82) is 0 Å². The van der Waals surface area contributed by atoms with Crippen LogP contribution in [0.4, 0.5) is 14.9 Å². The van der Waals surface area contributed by atoms with Gasteiger partial charge in [-0.1, -0.05) is 6.07 Å². The molecule has 0 saturated heterocycles. The summed E-state index contributed by atoms with van der Waals surface area (Å²) in [4.78, 5) is 25.7. The molecule has 6 nitrogen and oxygen atoms in total. The summed E-state index contributed by atoms with van der Waals surface area (Å²) >= 11 is 0. The molecule has 0 bridgehead atoms. The quantitative estimate of drug-likeness (QED) is 0.862. The van der Waals surface area contributed by atoms with Crippen molar-refractivity contribution in [3.05, 3.63) is 24.0 Å². The van der Waals surface area contributed by atoms with Crippen LogP contribution in [0.1, 0.15) is 27.7 Å². The minimum atomic E-state index is -0.985. The van der Waals surface area contributed by atoms with E-state index in [1.54, 1.807) is 33.8 Å². The van der Waals surface area contributed by atoms with Crippen molar-refractivity contribution in [2.24, 2.45) is 0 Å². The van der Waals surface area contributed by atoms with Crippen LogP contribution in [0.15, 0.2) is 18.2 Å². The molecule has 0 radical (unpaired) electrons. The minimum Gasteiger partial charge on any atom is -0.486 e. The fourth-order valence-electron chi connectivity index (χ4n) is 2.32. The van der Waals surface area contributed by atoms with Gasteiger partial charge in [0.05, 0.1) is 0 Å². The van der Waals surface area contributed by atoms with E-state index in [1.807, 2.05) is 0 Å². The lowest BCUT2D eigenvalue weighted by molar-refractivity contribution is -0.121. The number of nitrogens with zero attached hydrogens (tertiary/aromatic N) is 1. The van der Waals surface area contributed by atoms with Crippen LogP contribution >= 0.6 is 0 Å². The fourth-order valence-corrected chi connectivity index (χ4v) is 2.32. The van der Waals surface area contributed by atoms with Gasteiger partial charge in [0, 0.05) is 7.05 Å². The fraction of sp³-hybridized carbons (Fsp3) is 0.500. The number of hydrogen-bond donors (Lipinski definition) is 1. The lowest BCUT2D eigenvalue weighted by Crippen LogP contribution is -2.54. The first-order valence-corrected chi connectivity index (χ1v) is 7.32. The summed E-state index contributed by atoms with van der Waals surface area (Å²) in [5, 5.41) is 2.50. The van der Waals surface area contributed by atoms with Gasteiger partial charge in [0.1, 0.15) is 29.2 Å². The van der Waals surface area contributed by atoms with Gasteiger partial charge < -0.3 is 19.7 Å². The molecule has 23 heavy (non-hydrogen) atoms. The Hall–Kier alpha value is -2.31. The molecule has 1 aliphatic heterocycles. The van der Waals surface area contributed by atoms with Gasteiger partial charge in [-0.15, -0.1) is 0 Å². The Labute approximate surface area is 134 Å². The average molecular weight is 324 g/mol. The molecular weight excluding hydrogens is 303 g/mol. The van der Waals surface area contributed by atoms with Crippen LogP contribution in [0.2, 0.25) is 0 Å². The Morgan fingerprint density at radius 3 is 2.65 bits per heavy atom. The Bertz CT molecular complexity index is 627. The Morgan fingerprint density at radius 2 is 2.04 bits per heavy atom. The number of benzene rings is 1. The lowest BCUT2D eigenvalue weighted by atomic mass is 10.1. The van der Waals surface area contributed by atoms with E-state index in [9.17, 15) is 14.0 Å². The van der Waals surface area contributed by atoms with Crippen LogP contribution in [-0.2, 0) is 9.53 Å². The third kappa shape index (κ3) is 3.72. The number of fused-ring (bicyclic) bond motifs is 1. The van der Waals surface area contributed by atoms with Gasteiger partial charge in [-0.25, -0.2) is 9.18 Å². The van der Waals surface area contributed by atoms with Crippen LogP contribution < -0.4 is 15.0 Å². The highest BCUT2D eigenvalue weighted by Crippen LogP contribution is 2.34. The molecule has 7 heteroatoms. The summed E-state index contributed by atoms with van der Waals surface area (Å²) in [6, 6.07) is 3.34. The predicted octanol–water partition coefficient (Wildman–Crippen LogP) is 2.46. The number of rotatable bonds is 1. The van der Waals surface area contributed by atoms with E-state index >= 15 is 0 Å². The number of carbonyl (C=O) groups excluding carboxylic acids is 2. The molecule has 0 fully saturated rings. The summed E-state index contributed by atoms with van der Waals surface area (Å²) in [6.45, 7) is 6.80. The van der Waals surface area contributed by atoms with Gasteiger partial charge in [-0.2, -0.15) is 0 Å². The van der Waals surface area contributed by atoms with Crippen molar-refractivity contribution in [3.63, 3.8) is 0 Å². The molecule has 126 valence electrons. The monoisotopic (exact) mass is 324 g/mol. The van der Waals surface area contributed by atoms with Crippen LogP contribution in [0, 0.1) is 5.82 Å². The number of alkyl carbamates (subject to hydrolysis) is 1. The maximum atomic E-state index is 14.0. The number of halogens is 1. The van der Waals surface area contributed by atoms with Crippen molar-refractivity contribution in [3.8, 4) is 5.75 Å². The molecule has 2 rings (SSSR count). The second-order valence-corrected chi connectivity index (χ2v) is 6.43. The molecule has 0 saturated carbocycles. The summed E-state index contributed by atoms with van der Waals surface area (Å²) in [7, 11) is 1.44. The Kier molecular flexibility index (Phi) is 4.49. The van der Waals surface area contributed by atoms with E-state index < -0.39 is 35.6 Å². The molecule has 1 aliphatic rings. The molecule has 1 heterocycles. The molecule has 0 unspecified atom stereocenters. The number of anilines is 1. The largest absolute Gasteiger partial charge is 0.486 e. The van der Waals surface area contributed by atoms with Gasteiger partial charge in [0.25, 0.3) is 5.91 Å². The second-order valence-electron chi connectivity index (χ2n) is 6.43. The van der Waals surface area contributed by atoms with E-state index in [2.05, 4.69) is 5.32 Å². The zero-order chi connectivity index (χ0) is 17.4. The van der Waals surface area contributed by atoms with Crippen LogP contribution in [0.25, 0.3) is 0 Å². The summed E-state index contributed by atoms with van der Waals surface area (Å²) in [5.41, 5.74) is -0.638. The highest BCUT2D eigenvalue weighted by atomic mass is 19.1. The topological polar surface area (TPSA) is 67.9 Å². The summed E-state index contributed by atoms with van der Waals surface area (Å²) in [6.07, 6.45) is -1.41. The number of amides is 2. The zero-order valence-corrected chi connectivity index (χ0v) is 13.8. The van der Waals surface area contributed by atoms with Crippen molar-refractivity contribution in [1.82, 2.24) is 5.32 Å². The number of carbonyl (C=O) groups is 2. The number of para-hydroxylation sites is 1. The molecule has 2 amide bonds. The maximum Gasteiger partial charge on any atom is 0.408 e. The first kappa shape index (κ1) is 17.1. The van der Waals surface area contributed by atoms with Gasteiger partial charge in [-0.05, 0) is 39.8 Å². The van der Waals surface area contributed by atoms with Crippen molar-refractivity contribution in [2.75, 3.05) is 11.9 Å². The first-order valence-electron chi connectivity index (χ1n) is 7.32. The highest BCUT2D eigenvalue weighted by Gasteiger charge is 2.37. The van der Waals surface area contributed by atoms with E-state index in [0.717, 1.165) is 4.90 Å². The molecule has 0 aromatic heterocycles. The molecule has 2 atom stereocenters. The molecule has 0 aliphatic carbocycles. The lowest BCUT2D eigenvalue weighted by Gasteiger charge is -2.26. The first-order chi connectivity index (χ1) is 10.6. The van der Waals surface area contributed by atoms with Gasteiger partial charge in [0.2, 0.25) is 0 Å². The summed E-state index contributed by atoms with van der Waals surface area (Å²) < 4.78 is 24.8. The number of ether oxygens (including phenoxy) is 2. The van der Waals surface area contributed by atoms with Crippen molar-refractivity contribution < 1.29 is 23.5 Å². The van der Waals surface area contributed by atoms with Gasteiger partial charge >= 0.3 is 6.09 Å². The average Bonchev–Trinajstić information content (AvgIpc) is 2.49. The maximum absolute atomic E-state index is 14.0. The third-order valence-corrected chi connectivity index (χ3v) is 3.34. The van der Waals surface area contributed by atoms with E-state index in [4.69, 9.17) is 9.47 Å². The third-order valence-electron chi connectivity index (χ3n) is 3.34. The van der Waals surface area contributed by atoms with Crippen LogP contribution in [0.5, 0.6) is 5.75 Å². The van der Waals surface area contributed by atoms with Gasteiger partial charge in [-0.3, -0.25) is 4.79 Å². The molecule has 0 spiro atoms. The molecule has 1 N–H and O–H groups in total. The number of nitrogens with one attached hydrogen (secondary N) is 1. The zero-order valence-electron chi connectivity index (χ0n) is 13.8. The van der Waals surface area contributed by atoms with Crippen molar-refractivity contribution in [2.45, 2.75) is 45.4 Å². The normalized spacial score (nSPS) is 21.1. The van der Waals surface area contributed by atoms with E-state index in [0.29, 0.717) is 0 Å². The SMILES string of the molecule is C[C@H]1Oc2cccc(F)c2N(C)C(=O)[C@H]1NC(=O)OC(C)(C)C. The smallest absolute Gasteiger partial charge is 0.408 e. The second kappa shape index (κ2) is 6.06. The highest BCUT2D eigenvalue weighted by molar-refractivity contribution is 6.00. The van der Waals surface area contributed by atoms with E-state index in [1.165, 1.54) is 19.2 Å². The predicted molar refractivity (Wildman–Crippen MR) is 83.1 cm³/mol. The van der Waals surface area contributed by atoms with Gasteiger partial charge in [0.15, 0.2) is 5.82 Å².